The van der Waals surface area contributed by atoms with Crippen molar-refractivity contribution in [1.82, 2.24) is 10.3 Å². The standard InChI is InChI=1S/C6H15N3.2C4H4O4/c7-8-3-6-9-4-1-2-5-9;2*5-3(6)1-2-4(7)8/h8H,1-7H2;2*1-2H,(H,5,6)(H,7,8)/b;2*2-1-. The normalized spacial score (nSPS) is 13.6. The minimum Gasteiger partial charge on any atom is -0.478 e. The molecule has 0 atom stereocenters. The third kappa shape index (κ3) is 23.6. The minimum absolute atomic E-state index is 0.558. The van der Waals surface area contributed by atoms with Crippen LogP contribution in [-0.2, 0) is 19.2 Å². The molecule has 1 aliphatic heterocycles. The first kappa shape index (κ1) is 24.5. The molecule has 0 aromatic rings. The summed E-state index contributed by atoms with van der Waals surface area (Å²) in [6.45, 7) is 4.56. The maximum atomic E-state index is 9.55. The average molecular weight is 361 g/mol. The summed E-state index contributed by atoms with van der Waals surface area (Å²) >= 11 is 0. The number of nitrogens with two attached hydrogens (primary N) is 1. The van der Waals surface area contributed by atoms with Crippen LogP contribution in [0.1, 0.15) is 12.8 Å². The lowest BCUT2D eigenvalue weighted by Crippen LogP contribution is -2.33. The van der Waals surface area contributed by atoms with Gasteiger partial charge < -0.3 is 25.3 Å². The van der Waals surface area contributed by atoms with Gasteiger partial charge in [-0.2, -0.15) is 0 Å². The van der Waals surface area contributed by atoms with E-state index in [0.29, 0.717) is 24.3 Å². The predicted octanol–water partition coefficient (Wildman–Crippen LogP) is -1.03. The van der Waals surface area contributed by atoms with E-state index >= 15 is 0 Å². The van der Waals surface area contributed by atoms with E-state index in [4.69, 9.17) is 26.3 Å². The number of hydrazine groups is 1. The molecule has 0 saturated carbocycles. The van der Waals surface area contributed by atoms with Crippen LogP contribution in [-0.4, -0.2) is 75.4 Å². The van der Waals surface area contributed by atoms with Gasteiger partial charge in [-0.05, 0) is 25.9 Å². The van der Waals surface area contributed by atoms with Crippen molar-refractivity contribution in [2.45, 2.75) is 12.8 Å². The van der Waals surface area contributed by atoms with Crippen LogP contribution in [0.5, 0.6) is 0 Å². The fourth-order valence-corrected chi connectivity index (χ4v) is 1.51. The van der Waals surface area contributed by atoms with Gasteiger partial charge in [0.25, 0.3) is 0 Å². The van der Waals surface area contributed by atoms with Gasteiger partial charge in [-0.25, -0.2) is 19.2 Å². The quantitative estimate of drug-likeness (QED) is 0.184. The highest BCUT2D eigenvalue weighted by molar-refractivity contribution is 5.90. The van der Waals surface area contributed by atoms with Crippen molar-refractivity contribution in [3.8, 4) is 0 Å². The number of hydrogen-bond donors (Lipinski definition) is 6. The maximum Gasteiger partial charge on any atom is 0.328 e. The molecule has 0 radical (unpaired) electrons. The number of aliphatic carboxylic acids is 4. The van der Waals surface area contributed by atoms with Gasteiger partial charge in [0.15, 0.2) is 0 Å². The van der Waals surface area contributed by atoms with E-state index < -0.39 is 23.9 Å². The Morgan fingerprint density at radius 3 is 1.36 bits per heavy atom. The molecule has 0 aromatic carbocycles. The number of carbonyl (C=O) groups is 4. The van der Waals surface area contributed by atoms with Crippen molar-refractivity contribution in [1.29, 1.82) is 0 Å². The first-order chi connectivity index (χ1) is 11.7. The third-order valence-corrected chi connectivity index (χ3v) is 2.51. The molecule has 11 heteroatoms. The molecule has 0 aromatic heterocycles. The van der Waals surface area contributed by atoms with E-state index in [-0.39, 0.29) is 0 Å². The van der Waals surface area contributed by atoms with E-state index in [1.54, 1.807) is 0 Å². The molecule has 7 N–H and O–H groups in total. The second kappa shape index (κ2) is 16.1. The molecular weight excluding hydrogens is 338 g/mol. The monoisotopic (exact) mass is 361 g/mol. The molecule has 0 amide bonds. The summed E-state index contributed by atoms with van der Waals surface area (Å²) in [5.74, 6) is 0.102. The Balaban J connectivity index is 0. The highest BCUT2D eigenvalue weighted by atomic mass is 16.4. The first-order valence-electron chi connectivity index (χ1n) is 7.12. The Kier molecular flexibility index (Phi) is 15.8. The number of carboxylic acids is 4. The van der Waals surface area contributed by atoms with Gasteiger partial charge in [0.2, 0.25) is 0 Å². The minimum atomic E-state index is -1.26. The van der Waals surface area contributed by atoms with Crippen molar-refractivity contribution >= 4 is 23.9 Å². The van der Waals surface area contributed by atoms with Crippen LogP contribution in [0, 0.1) is 0 Å². The van der Waals surface area contributed by atoms with Crippen LogP contribution in [0.3, 0.4) is 0 Å². The number of carboxylic acid groups (broad SMARTS) is 4. The third-order valence-electron chi connectivity index (χ3n) is 2.51. The lowest BCUT2D eigenvalue weighted by Gasteiger charge is -2.12. The molecule has 1 saturated heterocycles. The fraction of sp³-hybridized carbons (Fsp3) is 0.429. The molecule has 1 fully saturated rings. The molecule has 1 rings (SSSR count). The zero-order valence-electron chi connectivity index (χ0n) is 13.5. The summed E-state index contributed by atoms with van der Waals surface area (Å²) in [6, 6.07) is 0. The number of nitrogens with zero attached hydrogens (tertiary/aromatic N) is 1. The molecule has 1 aliphatic rings. The van der Waals surface area contributed by atoms with Crippen LogP contribution < -0.4 is 11.3 Å². The van der Waals surface area contributed by atoms with E-state index in [1.165, 1.54) is 25.9 Å². The van der Waals surface area contributed by atoms with Gasteiger partial charge in [0, 0.05) is 37.4 Å². The average Bonchev–Trinajstić information content (AvgIpc) is 3.03. The molecular formula is C14H23N3O8. The van der Waals surface area contributed by atoms with Crippen molar-refractivity contribution in [3.05, 3.63) is 24.3 Å². The second-order valence-corrected chi connectivity index (χ2v) is 4.52. The zero-order chi connectivity index (χ0) is 19.7. The van der Waals surface area contributed by atoms with Gasteiger partial charge in [-0.3, -0.25) is 11.3 Å². The Hall–Kier alpha value is -2.76. The summed E-state index contributed by atoms with van der Waals surface area (Å²) in [4.78, 5) is 40.6. The van der Waals surface area contributed by atoms with Crippen LogP contribution in [0.25, 0.3) is 0 Å². The number of hydrogen-bond acceptors (Lipinski definition) is 7. The highest BCUT2D eigenvalue weighted by Gasteiger charge is 2.09. The van der Waals surface area contributed by atoms with Crippen LogP contribution >= 0.6 is 0 Å². The lowest BCUT2D eigenvalue weighted by atomic mass is 10.4. The fourth-order valence-electron chi connectivity index (χ4n) is 1.51. The van der Waals surface area contributed by atoms with E-state index in [9.17, 15) is 19.2 Å². The van der Waals surface area contributed by atoms with E-state index in [0.717, 1.165) is 13.1 Å². The topological polar surface area (TPSA) is 190 Å². The lowest BCUT2D eigenvalue weighted by molar-refractivity contribution is -0.134. The number of nitrogens with one attached hydrogen (secondary N) is 1. The maximum absolute atomic E-state index is 9.55. The molecule has 11 nitrogen and oxygen atoms in total. The Morgan fingerprint density at radius 2 is 1.12 bits per heavy atom. The van der Waals surface area contributed by atoms with Crippen molar-refractivity contribution in [2.75, 3.05) is 26.2 Å². The molecule has 0 aliphatic carbocycles. The number of likely N-dealkylation sites (tertiary alicyclic amines) is 1. The summed E-state index contributed by atoms with van der Waals surface area (Å²) in [6.07, 6.45) is 4.96. The van der Waals surface area contributed by atoms with E-state index in [2.05, 4.69) is 10.3 Å². The van der Waals surface area contributed by atoms with Gasteiger partial charge in [-0.1, -0.05) is 0 Å². The largest absolute Gasteiger partial charge is 0.478 e. The first-order valence-corrected chi connectivity index (χ1v) is 7.12. The van der Waals surface area contributed by atoms with Crippen molar-refractivity contribution < 1.29 is 39.6 Å². The number of rotatable bonds is 7. The zero-order valence-corrected chi connectivity index (χ0v) is 13.5. The molecule has 1 heterocycles. The van der Waals surface area contributed by atoms with Crippen LogP contribution in [0.2, 0.25) is 0 Å². The highest BCUT2D eigenvalue weighted by Crippen LogP contribution is 2.04. The van der Waals surface area contributed by atoms with Gasteiger partial charge in [0.1, 0.15) is 0 Å². The molecule has 0 spiro atoms. The molecule has 142 valence electrons. The van der Waals surface area contributed by atoms with Crippen LogP contribution in [0.4, 0.5) is 0 Å². The van der Waals surface area contributed by atoms with E-state index in [1.807, 2.05) is 0 Å². The van der Waals surface area contributed by atoms with Gasteiger partial charge >= 0.3 is 23.9 Å². The van der Waals surface area contributed by atoms with Crippen LogP contribution in [0.15, 0.2) is 24.3 Å². The summed E-state index contributed by atoms with van der Waals surface area (Å²) in [7, 11) is 0. The summed E-state index contributed by atoms with van der Waals surface area (Å²) in [5.41, 5.74) is 2.65. The molecule has 0 unspecified atom stereocenters. The summed E-state index contributed by atoms with van der Waals surface area (Å²) in [5, 5.41) is 31.2. The SMILES string of the molecule is NNCCN1CCCC1.O=C(O)/C=C\C(=O)O.O=C(O)/C=C\C(=O)O. The Morgan fingerprint density at radius 1 is 0.800 bits per heavy atom. The van der Waals surface area contributed by atoms with Crippen molar-refractivity contribution in [2.24, 2.45) is 5.84 Å². The molecule has 0 bridgehead atoms. The van der Waals surface area contributed by atoms with Gasteiger partial charge in [0.05, 0.1) is 0 Å². The Bertz CT molecular complexity index is 418. The van der Waals surface area contributed by atoms with Gasteiger partial charge in [-0.15, -0.1) is 0 Å². The second-order valence-electron chi connectivity index (χ2n) is 4.52. The Labute approximate surface area is 144 Å². The predicted molar refractivity (Wildman–Crippen MR) is 86.7 cm³/mol. The smallest absolute Gasteiger partial charge is 0.328 e. The van der Waals surface area contributed by atoms with Crippen molar-refractivity contribution in [3.63, 3.8) is 0 Å². The molecule has 25 heavy (non-hydrogen) atoms. The summed E-state index contributed by atoms with van der Waals surface area (Å²) < 4.78 is 0.